The summed E-state index contributed by atoms with van der Waals surface area (Å²) in [5, 5.41) is 6.90. The predicted molar refractivity (Wildman–Crippen MR) is 104 cm³/mol. The van der Waals surface area contributed by atoms with Gasteiger partial charge in [0.1, 0.15) is 0 Å². The molecule has 5 aromatic rings. The lowest BCUT2D eigenvalue weighted by atomic mass is 10.1. The second-order valence-electron chi connectivity index (χ2n) is 5.85. The van der Waals surface area contributed by atoms with Crippen LogP contribution in [0.4, 0.5) is 5.69 Å². The number of nitrogens with zero attached hydrogens (tertiary/aromatic N) is 4. The quantitative estimate of drug-likeness (QED) is 0.514. The van der Waals surface area contributed by atoms with Crippen molar-refractivity contribution < 1.29 is 4.79 Å². The predicted octanol–water partition coefficient (Wildman–Crippen LogP) is 3.95. The van der Waals surface area contributed by atoms with Gasteiger partial charge in [0.15, 0.2) is 9.92 Å². The molecule has 4 aromatic heterocycles. The molecule has 0 radical (unpaired) electrons. The summed E-state index contributed by atoms with van der Waals surface area (Å²) in [7, 11) is 0. The van der Waals surface area contributed by atoms with E-state index in [1.807, 2.05) is 68.6 Å². The van der Waals surface area contributed by atoms with Crippen molar-refractivity contribution in [2.75, 3.05) is 5.32 Å². The molecule has 0 unspecified atom stereocenters. The number of amides is 1. The molecule has 0 aliphatic heterocycles. The van der Waals surface area contributed by atoms with Crippen LogP contribution in [0.3, 0.4) is 0 Å². The van der Waals surface area contributed by atoms with Crippen LogP contribution in [0.5, 0.6) is 0 Å². The summed E-state index contributed by atoms with van der Waals surface area (Å²) < 4.78 is 3.93. The van der Waals surface area contributed by atoms with Crippen molar-refractivity contribution in [3.8, 4) is 11.3 Å². The number of anilines is 1. The molecule has 0 aliphatic rings. The molecule has 0 saturated carbocycles. The maximum atomic E-state index is 12.2. The third-order valence-corrected chi connectivity index (χ3v) is 5.58. The summed E-state index contributed by atoms with van der Waals surface area (Å²) in [5.74, 6) is -0.0778. The van der Waals surface area contributed by atoms with Gasteiger partial charge in [-0.1, -0.05) is 12.1 Å². The summed E-state index contributed by atoms with van der Waals surface area (Å²) in [6, 6.07) is 7.72. The lowest BCUT2D eigenvalue weighted by Gasteiger charge is -2.05. The van der Waals surface area contributed by atoms with Crippen molar-refractivity contribution in [2.45, 2.75) is 6.42 Å². The summed E-state index contributed by atoms with van der Waals surface area (Å²) in [6.45, 7) is 0. The van der Waals surface area contributed by atoms with Crippen molar-refractivity contribution in [2.24, 2.45) is 0 Å². The average Bonchev–Trinajstić information content (AvgIpc) is 3.34. The van der Waals surface area contributed by atoms with E-state index < -0.39 is 0 Å². The van der Waals surface area contributed by atoms with Crippen LogP contribution in [0.25, 0.3) is 21.2 Å². The minimum Gasteiger partial charge on any atom is -0.326 e. The van der Waals surface area contributed by atoms with Crippen LogP contribution < -0.4 is 5.32 Å². The molecule has 0 bridgehead atoms. The monoisotopic (exact) mass is 379 g/mol. The number of rotatable bonds is 4. The molecule has 0 spiro atoms. The van der Waals surface area contributed by atoms with Crippen LogP contribution in [0.15, 0.2) is 59.8 Å². The highest BCUT2D eigenvalue weighted by Gasteiger charge is 2.10. The first-order chi connectivity index (χ1) is 12.7. The van der Waals surface area contributed by atoms with Crippen LogP contribution in [-0.4, -0.2) is 24.7 Å². The fraction of sp³-hybridized carbons (Fsp3) is 0.0556. The van der Waals surface area contributed by atoms with E-state index in [9.17, 15) is 4.79 Å². The van der Waals surface area contributed by atoms with Crippen LogP contribution in [0.1, 0.15) is 5.69 Å². The number of thiazole rings is 2. The van der Waals surface area contributed by atoms with E-state index in [1.165, 1.54) is 0 Å². The smallest absolute Gasteiger partial charge is 0.230 e. The number of aromatic nitrogens is 4. The molecule has 1 N–H and O–H groups in total. The molecule has 0 saturated heterocycles. The Morgan fingerprint density at radius 3 is 2.35 bits per heavy atom. The SMILES string of the molecule is O=C(Cc1cn2ccsc2n1)Nc1ccc(-c2cn3ccsc3n2)cc1. The van der Waals surface area contributed by atoms with Crippen LogP contribution >= 0.6 is 22.7 Å². The number of carbonyl (C=O) groups excluding carboxylic acids is 1. The van der Waals surface area contributed by atoms with E-state index >= 15 is 0 Å². The van der Waals surface area contributed by atoms with Gasteiger partial charge in [0.05, 0.1) is 17.8 Å². The Bertz CT molecular complexity index is 1150. The number of fused-ring (bicyclic) bond motifs is 2. The van der Waals surface area contributed by atoms with Gasteiger partial charge in [-0.2, -0.15) is 0 Å². The molecule has 0 aliphatic carbocycles. The van der Waals surface area contributed by atoms with E-state index in [4.69, 9.17) is 0 Å². The Kier molecular flexibility index (Phi) is 3.58. The second kappa shape index (κ2) is 6.08. The third-order valence-electron chi connectivity index (χ3n) is 4.04. The largest absolute Gasteiger partial charge is 0.326 e. The maximum Gasteiger partial charge on any atom is 0.230 e. The summed E-state index contributed by atoms with van der Waals surface area (Å²) in [5.41, 5.74) is 3.48. The Morgan fingerprint density at radius 1 is 0.962 bits per heavy atom. The van der Waals surface area contributed by atoms with Gasteiger partial charge >= 0.3 is 0 Å². The number of hydrogen-bond donors (Lipinski definition) is 1. The van der Waals surface area contributed by atoms with Crippen molar-refractivity contribution >= 4 is 44.2 Å². The lowest BCUT2D eigenvalue weighted by Crippen LogP contribution is -2.14. The number of imidazole rings is 2. The van der Waals surface area contributed by atoms with Gasteiger partial charge in [-0.25, -0.2) is 9.97 Å². The van der Waals surface area contributed by atoms with Crippen molar-refractivity contribution in [1.82, 2.24) is 18.8 Å². The molecule has 128 valence electrons. The van der Waals surface area contributed by atoms with Gasteiger partial charge in [-0.3, -0.25) is 13.6 Å². The molecule has 4 heterocycles. The van der Waals surface area contributed by atoms with E-state index in [0.29, 0.717) is 0 Å². The standard InChI is InChI=1S/C18H13N5OS2/c24-16(9-14-10-22-5-7-25-17(22)20-14)19-13-3-1-12(2-4-13)15-11-23-6-8-26-18(23)21-15/h1-8,10-11H,9H2,(H,19,24). The highest BCUT2D eigenvalue weighted by Crippen LogP contribution is 2.23. The van der Waals surface area contributed by atoms with E-state index in [0.717, 1.165) is 32.6 Å². The molecule has 0 fully saturated rings. The molecular weight excluding hydrogens is 366 g/mol. The highest BCUT2D eigenvalue weighted by atomic mass is 32.1. The zero-order valence-corrected chi connectivity index (χ0v) is 15.1. The van der Waals surface area contributed by atoms with Crippen LogP contribution in [0, 0.1) is 0 Å². The fourth-order valence-corrected chi connectivity index (χ4v) is 4.24. The van der Waals surface area contributed by atoms with Gasteiger partial charge in [0, 0.05) is 46.8 Å². The van der Waals surface area contributed by atoms with E-state index in [2.05, 4.69) is 15.3 Å². The number of benzene rings is 1. The molecular formula is C18H13N5OS2. The topological polar surface area (TPSA) is 63.7 Å². The van der Waals surface area contributed by atoms with Crippen molar-refractivity contribution in [3.63, 3.8) is 0 Å². The number of hydrogen-bond acceptors (Lipinski definition) is 5. The lowest BCUT2D eigenvalue weighted by molar-refractivity contribution is -0.115. The van der Waals surface area contributed by atoms with E-state index in [1.54, 1.807) is 22.7 Å². The molecule has 6 nitrogen and oxygen atoms in total. The van der Waals surface area contributed by atoms with Gasteiger partial charge in [-0.15, -0.1) is 22.7 Å². The third kappa shape index (κ3) is 2.79. The van der Waals surface area contributed by atoms with Gasteiger partial charge in [0.25, 0.3) is 0 Å². The normalized spacial score (nSPS) is 11.4. The average molecular weight is 379 g/mol. The van der Waals surface area contributed by atoms with Crippen molar-refractivity contribution in [3.05, 3.63) is 65.5 Å². The first-order valence-electron chi connectivity index (χ1n) is 7.98. The van der Waals surface area contributed by atoms with Crippen molar-refractivity contribution in [1.29, 1.82) is 0 Å². The molecule has 0 atom stereocenters. The molecule has 1 aromatic carbocycles. The minimum atomic E-state index is -0.0778. The second-order valence-corrected chi connectivity index (χ2v) is 7.59. The Labute approximate surface area is 156 Å². The van der Waals surface area contributed by atoms with Gasteiger partial charge in [0.2, 0.25) is 5.91 Å². The Balaban J connectivity index is 1.28. The van der Waals surface area contributed by atoms with Crippen LogP contribution in [-0.2, 0) is 11.2 Å². The zero-order chi connectivity index (χ0) is 17.5. The molecule has 26 heavy (non-hydrogen) atoms. The number of nitrogens with one attached hydrogen (secondary N) is 1. The van der Waals surface area contributed by atoms with Gasteiger partial charge < -0.3 is 5.32 Å². The summed E-state index contributed by atoms with van der Waals surface area (Å²) >= 11 is 3.16. The maximum absolute atomic E-state index is 12.2. The van der Waals surface area contributed by atoms with Gasteiger partial charge in [-0.05, 0) is 12.1 Å². The Hall–Kier alpha value is -2.97. The fourth-order valence-electron chi connectivity index (χ4n) is 2.82. The first kappa shape index (κ1) is 15.3. The summed E-state index contributed by atoms with van der Waals surface area (Å²) in [4.78, 5) is 23.1. The molecule has 8 heteroatoms. The Morgan fingerprint density at radius 2 is 1.65 bits per heavy atom. The first-order valence-corrected chi connectivity index (χ1v) is 9.74. The van der Waals surface area contributed by atoms with Crippen LogP contribution in [0.2, 0.25) is 0 Å². The molecule has 5 rings (SSSR count). The summed E-state index contributed by atoms with van der Waals surface area (Å²) in [6.07, 6.45) is 8.08. The number of carbonyl (C=O) groups is 1. The highest BCUT2D eigenvalue weighted by molar-refractivity contribution is 7.15. The zero-order valence-electron chi connectivity index (χ0n) is 13.5. The van der Waals surface area contributed by atoms with E-state index in [-0.39, 0.29) is 12.3 Å². The minimum absolute atomic E-state index is 0.0778. The molecule has 1 amide bonds.